The molecule has 0 aliphatic carbocycles. The summed E-state index contributed by atoms with van der Waals surface area (Å²) in [5, 5.41) is 13.1. The second-order valence-electron chi connectivity index (χ2n) is 8.21. The van der Waals surface area contributed by atoms with Gasteiger partial charge in [-0.05, 0) is 74.7 Å². The zero-order valence-corrected chi connectivity index (χ0v) is 20.3. The van der Waals surface area contributed by atoms with Gasteiger partial charge in [-0.1, -0.05) is 35.3 Å². The minimum absolute atomic E-state index is 0.0775. The first-order valence-corrected chi connectivity index (χ1v) is 11.7. The number of halogens is 2. The van der Waals surface area contributed by atoms with Crippen LogP contribution in [-0.2, 0) is 4.79 Å². The van der Waals surface area contributed by atoms with E-state index in [0.717, 1.165) is 31.5 Å². The van der Waals surface area contributed by atoms with Gasteiger partial charge in [0.1, 0.15) is 18.0 Å². The van der Waals surface area contributed by atoms with Crippen LogP contribution >= 0.6 is 23.2 Å². The van der Waals surface area contributed by atoms with Crippen LogP contribution in [0.4, 0.5) is 4.79 Å². The maximum absolute atomic E-state index is 11.6. The summed E-state index contributed by atoms with van der Waals surface area (Å²) in [4.78, 5) is 26.6. The largest absolute Gasteiger partial charge is 0.465 e. The molecule has 1 fully saturated rings. The number of benzene rings is 2. The zero-order valence-electron chi connectivity index (χ0n) is 18.8. The monoisotopic (exact) mass is 493 g/mol. The van der Waals surface area contributed by atoms with E-state index in [0.29, 0.717) is 28.1 Å². The first-order chi connectivity index (χ1) is 15.8. The van der Waals surface area contributed by atoms with E-state index in [2.05, 4.69) is 17.1 Å². The molecule has 0 aromatic heterocycles. The van der Waals surface area contributed by atoms with Crippen LogP contribution in [0.3, 0.4) is 0 Å². The Bertz CT molecular complexity index is 963. The third kappa shape index (κ3) is 6.76. The van der Waals surface area contributed by atoms with Crippen molar-refractivity contribution in [2.24, 2.45) is 5.92 Å². The number of ether oxygens (including phenoxy) is 1. The first kappa shape index (κ1) is 25.1. The average Bonchev–Trinajstić information content (AvgIpc) is 2.81. The van der Waals surface area contributed by atoms with Gasteiger partial charge in [0, 0.05) is 24.7 Å². The minimum atomic E-state index is -1.07. The van der Waals surface area contributed by atoms with Gasteiger partial charge in [0.2, 0.25) is 5.91 Å². The van der Waals surface area contributed by atoms with Gasteiger partial charge in [-0.3, -0.25) is 14.6 Å². The van der Waals surface area contributed by atoms with Crippen molar-refractivity contribution in [3.8, 4) is 11.5 Å². The molecule has 2 amide bonds. The van der Waals surface area contributed by atoms with Gasteiger partial charge >= 0.3 is 6.09 Å². The number of hydrogen-bond donors (Lipinski definition) is 2. The fourth-order valence-electron chi connectivity index (χ4n) is 4.05. The molecule has 178 valence electrons. The maximum Gasteiger partial charge on any atom is 0.407 e. The summed E-state index contributed by atoms with van der Waals surface area (Å²) in [5.41, 5.74) is 0.980. The predicted molar refractivity (Wildman–Crippen MR) is 129 cm³/mol. The normalized spacial score (nSPS) is 15.6. The van der Waals surface area contributed by atoms with E-state index < -0.39 is 6.09 Å². The van der Waals surface area contributed by atoms with Gasteiger partial charge in [0.25, 0.3) is 0 Å². The number of nitrogens with zero attached hydrogens (tertiary/aromatic N) is 2. The Morgan fingerprint density at radius 1 is 1.18 bits per heavy atom. The van der Waals surface area contributed by atoms with Gasteiger partial charge < -0.3 is 15.2 Å². The lowest BCUT2D eigenvalue weighted by Crippen LogP contribution is -2.44. The summed E-state index contributed by atoms with van der Waals surface area (Å²) in [7, 11) is 1.50. The highest BCUT2D eigenvalue weighted by Gasteiger charge is 2.28. The van der Waals surface area contributed by atoms with Gasteiger partial charge in [-0.15, -0.1) is 0 Å². The molecule has 2 aromatic rings. The fraction of sp³-hybridized carbons (Fsp3) is 0.417. The van der Waals surface area contributed by atoms with Crippen molar-refractivity contribution in [1.82, 2.24) is 15.1 Å². The molecule has 1 saturated heterocycles. The Morgan fingerprint density at radius 2 is 1.85 bits per heavy atom. The van der Waals surface area contributed by atoms with E-state index >= 15 is 0 Å². The summed E-state index contributed by atoms with van der Waals surface area (Å²) >= 11 is 12.7. The molecular formula is C24H29Cl2N3O4. The van der Waals surface area contributed by atoms with Crippen LogP contribution in [0.5, 0.6) is 11.5 Å². The third-order valence-electron chi connectivity index (χ3n) is 6.04. The van der Waals surface area contributed by atoms with Crippen molar-refractivity contribution >= 4 is 35.2 Å². The number of carbonyl (C=O) groups is 2. The van der Waals surface area contributed by atoms with Gasteiger partial charge in [-0.25, -0.2) is 4.79 Å². The van der Waals surface area contributed by atoms with Crippen molar-refractivity contribution in [2.45, 2.75) is 25.8 Å². The number of carboxylic acid groups (broad SMARTS) is 1. The van der Waals surface area contributed by atoms with E-state index in [1.807, 2.05) is 18.2 Å². The smallest absolute Gasteiger partial charge is 0.407 e. The van der Waals surface area contributed by atoms with Crippen LogP contribution < -0.4 is 10.1 Å². The molecule has 2 aromatic carbocycles. The van der Waals surface area contributed by atoms with Crippen molar-refractivity contribution < 1.29 is 19.4 Å². The summed E-state index contributed by atoms with van der Waals surface area (Å²) in [6.07, 6.45) is 0.625. The average molecular weight is 494 g/mol. The summed E-state index contributed by atoms with van der Waals surface area (Å²) in [5.74, 6) is 1.15. The molecule has 1 heterocycles. The molecule has 0 bridgehead atoms. The molecule has 33 heavy (non-hydrogen) atoms. The third-order valence-corrected chi connectivity index (χ3v) is 6.70. The van der Waals surface area contributed by atoms with Crippen LogP contribution in [0.25, 0.3) is 0 Å². The first-order valence-electron chi connectivity index (χ1n) is 10.9. The predicted octanol–water partition coefficient (Wildman–Crippen LogP) is 5.28. The molecule has 0 saturated carbocycles. The Hall–Kier alpha value is -2.48. The quantitative estimate of drug-likeness (QED) is 0.522. The summed E-state index contributed by atoms with van der Waals surface area (Å²) in [6.45, 7) is 3.97. The number of hydrogen-bond acceptors (Lipinski definition) is 4. The Balaban J connectivity index is 1.61. The van der Waals surface area contributed by atoms with Crippen LogP contribution in [0.2, 0.25) is 10.0 Å². The maximum atomic E-state index is 11.6. The van der Waals surface area contributed by atoms with E-state index in [1.165, 1.54) is 11.9 Å². The lowest BCUT2D eigenvalue weighted by molar-refractivity contribution is -0.121. The van der Waals surface area contributed by atoms with E-state index in [-0.39, 0.29) is 24.4 Å². The number of likely N-dealkylation sites (N-methyl/N-ethyl adjacent to an activating group) is 1. The number of likely N-dealkylation sites (tertiary alicyclic amines) is 1. The topological polar surface area (TPSA) is 82.1 Å². The van der Waals surface area contributed by atoms with Crippen LogP contribution in [0.15, 0.2) is 42.5 Å². The number of piperidine rings is 1. The number of carbonyl (C=O) groups excluding carboxylic acids is 1. The molecule has 1 aliphatic heterocycles. The lowest BCUT2D eigenvalue weighted by atomic mass is 9.94. The minimum Gasteiger partial charge on any atom is -0.465 e. The molecule has 7 nitrogen and oxygen atoms in total. The molecular weight excluding hydrogens is 465 g/mol. The van der Waals surface area contributed by atoms with Crippen molar-refractivity contribution in [3.05, 3.63) is 58.1 Å². The number of amides is 2. The molecule has 3 rings (SSSR count). The second kappa shape index (κ2) is 11.6. The van der Waals surface area contributed by atoms with Gasteiger partial charge in [0.15, 0.2) is 0 Å². The number of rotatable bonds is 8. The fourth-order valence-corrected chi connectivity index (χ4v) is 4.50. The second-order valence-corrected chi connectivity index (χ2v) is 9.02. The summed E-state index contributed by atoms with van der Waals surface area (Å²) in [6, 6.07) is 13.0. The Morgan fingerprint density at radius 3 is 2.45 bits per heavy atom. The number of nitrogens with one attached hydrogen (secondary N) is 1. The standard InChI is InChI=1S/C24H29Cl2N3O4/c1-16(20-4-3-5-21(23(20)26)33-19-8-6-18(25)7-9-19)28-12-10-17(11-13-28)14-29(24(31)32)15-22(30)27-2/h3-9,16-17H,10-15H2,1-2H3,(H,27,30)(H,31,32). The SMILES string of the molecule is CNC(=O)CN(CC1CCN(C(C)c2cccc(Oc3ccc(Cl)cc3)c2Cl)CC1)C(=O)O. The Kier molecular flexibility index (Phi) is 8.83. The molecule has 9 heteroatoms. The molecule has 0 spiro atoms. The lowest BCUT2D eigenvalue weighted by Gasteiger charge is -2.37. The van der Waals surface area contributed by atoms with Gasteiger partial charge in [-0.2, -0.15) is 0 Å². The van der Waals surface area contributed by atoms with Crippen LogP contribution in [0.1, 0.15) is 31.4 Å². The Labute approximate surface area is 204 Å². The van der Waals surface area contributed by atoms with E-state index in [9.17, 15) is 14.7 Å². The molecule has 2 N–H and O–H groups in total. The molecule has 1 unspecified atom stereocenters. The van der Waals surface area contributed by atoms with Crippen LogP contribution in [-0.4, -0.2) is 60.1 Å². The van der Waals surface area contributed by atoms with Crippen molar-refractivity contribution in [2.75, 3.05) is 33.2 Å². The zero-order chi connectivity index (χ0) is 24.0. The van der Waals surface area contributed by atoms with E-state index in [4.69, 9.17) is 27.9 Å². The highest BCUT2D eigenvalue weighted by Crippen LogP contribution is 2.38. The highest BCUT2D eigenvalue weighted by atomic mass is 35.5. The molecule has 1 aliphatic rings. The van der Waals surface area contributed by atoms with Crippen LogP contribution in [0, 0.1) is 5.92 Å². The van der Waals surface area contributed by atoms with E-state index in [1.54, 1.807) is 24.3 Å². The summed E-state index contributed by atoms with van der Waals surface area (Å²) < 4.78 is 5.96. The van der Waals surface area contributed by atoms with Crippen molar-refractivity contribution in [3.63, 3.8) is 0 Å². The molecule has 1 atom stereocenters. The van der Waals surface area contributed by atoms with Gasteiger partial charge in [0.05, 0.1) is 5.02 Å². The highest BCUT2D eigenvalue weighted by molar-refractivity contribution is 6.33. The van der Waals surface area contributed by atoms with Crippen molar-refractivity contribution in [1.29, 1.82) is 0 Å². The molecule has 0 radical (unpaired) electrons.